The molecule has 0 saturated carbocycles. The third-order valence-electron chi connectivity index (χ3n) is 2.88. The van der Waals surface area contributed by atoms with Gasteiger partial charge in [0.15, 0.2) is 5.16 Å². The molecular weight excluding hydrogens is 312 g/mol. The van der Waals surface area contributed by atoms with E-state index in [9.17, 15) is 4.79 Å². The zero-order valence-electron chi connectivity index (χ0n) is 11.0. The monoisotopic (exact) mass is 322 g/mol. The van der Waals surface area contributed by atoms with E-state index in [1.54, 1.807) is 16.9 Å². The van der Waals surface area contributed by atoms with E-state index in [-0.39, 0.29) is 5.75 Å². The molecule has 2 aromatic heterocycles. The number of hydrogen-bond donors (Lipinski definition) is 1. The average Bonchev–Trinajstić information content (AvgIpc) is 3.00. The minimum atomic E-state index is -0.893. The SMILES string of the molecule is Cn1cc(-n2c(SCC(=O)O)nc3c(Cl)cccc32)cn1. The molecule has 1 aromatic carbocycles. The third-order valence-corrected chi connectivity index (χ3v) is 4.11. The standard InChI is InChI=1S/C13H11ClN4O2S/c1-17-6-8(5-15-17)18-10-4-2-3-9(14)12(10)16-13(18)21-7-11(19)20/h2-6H,7H2,1H3,(H,19,20). The Kier molecular flexibility index (Phi) is 3.60. The minimum absolute atomic E-state index is 0.0683. The number of fused-ring (bicyclic) bond motifs is 1. The molecule has 0 fully saturated rings. The van der Waals surface area contributed by atoms with Gasteiger partial charge in [-0.25, -0.2) is 4.98 Å². The third kappa shape index (κ3) is 2.62. The molecule has 0 amide bonds. The molecule has 0 radical (unpaired) electrons. The fraction of sp³-hybridized carbons (Fsp3) is 0.154. The van der Waals surface area contributed by atoms with Gasteiger partial charge in [-0.15, -0.1) is 0 Å². The predicted molar refractivity (Wildman–Crippen MR) is 81.2 cm³/mol. The number of nitrogens with zero attached hydrogens (tertiary/aromatic N) is 4. The van der Waals surface area contributed by atoms with Gasteiger partial charge in [-0.1, -0.05) is 29.4 Å². The van der Waals surface area contributed by atoms with E-state index in [0.717, 1.165) is 23.0 Å². The Labute approximate surface area is 129 Å². The van der Waals surface area contributed by atoms with Crippen molar-refractivity contribution in [3.8, 4) is 5.69 Å². The van der Waals surface area contributed by atoms with Gasteiger partial charge >= 0.3 is 5.97 Å². The van der Waals surface area contributed by atoms with Gasteiger partial charge in [0, 0.05) is 13.2 Å². The number of aliphatic carboxylic acids is 1. The van der Waals surface area contributed by atoms with Crippen LogP contribution in [-0.4, -0.2) is 36.2 Å². The molecule has 1 N–H and O–H groups in total. The van der Waals surface area contributed by atoms with Gasteiger partial charge in [0.2, 0.25) is 0 Å². The number of benzene rings is 1. The van der Waals surface area contributed by atoms with Crippen molar-refractivity contribution in [2.24, 2.45) is 7.05 Å². The molecule has 3 aromatic rings. The second-order valence-electron chi connectivity index (χ2n) is 4.39. The lowest BCUT2D eigenvalue weighted by Gasteiger charge is -2.04. The molecule has 0 spiro atoms. The molecule has 0 unspecified atom stereocenters. The van der Waals surface area contributed by atoms with Crippen LogP contribution in [0.1, 0.15) is 0 Å². The van der Waals surface area contributed by atoms with Crippen molar-refractivity contribution in [3.63, 3.8) is 0 Å². The van der Waals surface area contributed by atoms with Crippen molar-refractivity contribution in [1.29, 1.82) is 0 Å². The first-order chi connectivity index (χ1) is 10.1. The van der Waals surface area contributed by atoms with Crippen molar-refractivity contribution < 1.29 is 9.90 Å². The van der Waals surface area contributed by atoms with Crippen molar-refractivity contribution >= 4 is 40.4 Å². The smallest absolute Gasteiger partial charge is 0.313 e. The second-order valence-corrected chi connectivity index (χ2v) is 5.74. The molecule has 0 aliphatic rings. The maximum atomic E-state index is 10.8. The summed E-state index contributed by atoms with van der Waals surface area (Å²) in [6, 6.07) is 5.49. The van der Waals surface area contributed by atoms with Crippen LogP contribution in [0, 0.1) is 0 Å². The first-order valence-corrected chi connectivity index (χ1v) is 7.43. The number of thioether (sulfide) groups is 1. The molecule has 0 saturated heterocycles. The fourth-order valence-electron chi connectivity index (χ4n) is 2.04. The first-order valence-electron chi connectivity index (χ1n) is 6.07. The number of aryl methyl sites for hydroxylation is 1. The molecule has 2 heterocycles. The van der Waals surface area contributed by atoms with Crippen LogP contribution in [0.5, 0.6) is 0 Å². The van der Waals surface area contributed by atoms with E-state index >= 15 is 0 Å². The number of halogens is 1. The van der Waals surface area contributed by atoms with Crippen LogP contribution in [0.25, 0.3) is 16.7 Å². The Balaban J connectivity index is 2.20. The molecule has 0 aliphatic carbocycles. The lowest BCUT2D eigenvalue weighted by Crippen LogP contribution is -2.01. The number of imidazole rings is 1. The van der Waals surface area contributed by atoms with Crippen LogP contribution in [0.2, 0.25) is 5.02 Å². The van der Waals surface area contributed by atoms with Gasteiger partial charge in [0.25, 0.3) is 0 Å². The van der Waals surface area contributed by atoms with Crippen molar-refractivity contribution in [1.82, 2.24) is 19.3 Å². The number of carboxylic acids is 1. The first kappa shape index (κ1) is 14.0. The topological polar surface area (TPSA) is 72.9 Å². The maximum absolute atomic E-state index is 10.8. The summed E-state index contributed by atoms with van der Waals surface area (Å²) in [7, 11) is 1.82. The number of carbonyl (C=O) groups is 1. The van der Waals surface area contributed by atoms with Gasteiger partial charge < -0.3 is 5.11 Å². The zero-order valence-corrected chi connectivity index (χ0v) is 12.6. The molecule has 0 aliphatic heterocycles. The molecule has 0 atom stereocenters. The van der Waals surface area contributed by atoms with Crippen LogP contribution >= 0.6 is 23.4 Å². The van der Waals surface area contributed by atoms with Gasteiger partial charge in [-0.05, 0) is 12.1 Å². The molecule has 21 heavy (non-hydrogen) atoms. The summed E-state index contributed by atoms with van der Waals surface area (Å²) in [5.41, 5.74) is 2.29. The summed E-state index contributed by atoms with van der Waals surface area (Å²) < 4.78 is 3.54. The summed E-state index contributed by atoms with van der Waals surface area (Å²) in [5.74, 6) is -0.961. The largest absolute Gasteiger partial charge is 0.481 e. The van der Waals surface area contributed by atoms with E-state index < -0.39 is 5.97 Å². The lowest BCUT2D eigenvalue weighted by atomic mass is 10.3. The number of hydrogen-bond acceptors (Lipinski definition) is 4. The Bertz CT molecular complexity index is 827. The van der Waals surface area contributed by atoms with Crippen molar-refractivity contribution in [2.45, 2.75) is 5.16 Å². The van der Waals surface area contributed by atoms with Crippen LogP contribution in [0.3, 0.4) is 0 Å². The van der Waals surface area contributed by atoms with E-state index in [4.69, 9.17) is 16.7 Å². The van der Waals surface area contributed by atoms with Crippen LogP contribution < -0.4 is 0 Å². The van der Waals surface area contributed by atoms with Gasteiger partial charge in [0.05, 0.1) is 28.2 Å². The molecule has 0 bridgehead atoms. The molecule has 108 valence electrons. The Morgan fingerprint density at radius 2 is 2.29 bits per heavy atom. The summed E-state index contributed by atoms with van der Waals surface area (Å²) in [6.07, 6.45) is 3.54. The highest BCUT2D eigenvalue weighted by atomic mass is 35.5. The Morgan fingerprint density at radius 3 is 2.95 bits per heavy atom. The van der Waals surface area contributed by atoms with Gasteiger partial charge in [-0.3, -0.25) is 14.0 Å². The van der Waals surface area contributed by atoms with E-state index in [1.807, 2.05) is 29.9 Å². The molecule has 6 nitrogen and oxygen atoms in total. The van der Waals surface area contributed by atoms with Crippen LogP contribution in [0.15, 0.2) is 35.7 Å². The van der Waals surface area contributed by atoms with Crippen LogP contribution in [0.4, 0.5) is 0 Å². The Hall–Kier alpha value is -1.99. The maximum Gasteiger partial charge on any atom is 0.313 e. The predicted octanol–water partition coefficient (Wildman–Crippen LogP) is 2.59. The summed E-state index contributed by atoms with van der Waals surface area (Å²) in [6.45, 7) is 0. The highest BCUT2D eigenvalue weighted by Gasteiger charge is 2.16. The summed E-state index contributed by atoms with van der Waals surface area (Å²) in [4.78, 5) is 15.3. The fourth-order valence-corrected chi connectivity index (χ4v) is 2.99. The average molecular weight is 323 g/mol. The van der Waals surface area contributed by atoms with Crippen molar-refractivity contribution in [2.75, 3.05) is 5.75 Å². The normalized spacial score (nSPS) is 11.1. The van der Waals surface area contributed by atoms with E-state index in [1.165, 1.54) is 0 Å². The molecular formula is C13H11ClN4O2S. The van der Waals surface area contributed by atoms with Gasteiger partial charge in [-0.2, -0.15) is 5.10 Å². The highest BCUT2D eigenvalue weighted by Crippen LogP contribution is 2.31. The molecule has 8 heteroatoms. The minimum Gasteiger partial charge on any atom is -0.481 e. The van der Waals surface area contributed by atoms with Gasteiger partial charge in [0.1, 0.15) is 5.52 Å². The van der Waals surface area contributed by atoms with E-state index in [0.29, 0.717) is 15.7 Å². The lowest BCUT2D eigenvalue weighted by molar-refractivity contribution is -0.133. The summed E-state index contributed by atoms with van der Waals surface area (Å²) in [5, 5.41) is 14.1. The number of aromatic nitrogens is 4. The second kappa shape index (κ2) is 5.42. The summed E-state index contributed by atoms with van der Waals surface area (Å²) >= 11 is 7.33. The Morgan fingerprint density at radius 1 is 1.48 bits per heavy atom. The van der Waals surface area contributed by atoms with E-state index in [2.05, 4.69) is 10.1 Å². The highest BCUT2D eigenvalue weighted by molar-refractivity contribution is 7.99. The van der Waals surface area contributed by atoms with Crippen molar-refractivity contribution in [3.05, 3.63) is 35.6 Å². The number of rotatable bonds is 4. The van der Waals surface area contributed by atoms with Crippen LogP contribution in [-0.2, 0) is 11.8 Å². The quantitative estimate of drug-likeness (QED) is 0.747. The zero-order chi connectivity index (χ0) is 15.0. The number of carboxylic acid groups (broad SMARTS) is 1. The molecule has 3 rings (SSSR count). The number of para-hydroxylation sites is 1.